The highest BCUT2D eigenvalue weighted by Crippen LogP contribution is 2.36. The van der Waals surface area contributed by atoms with Crippen LogP contribution in [0.25, 0.3) is 27.5 Å². The zero-order chi connectivity index (χ0) is 19.1. The van der Waals surface area contributed by atoms with E-state index in [9.17, 15) is 0 Å². The van der Waals surface area contributed by atoms with Crippen molar-refractivity contribution in [2.24, 2.45) is 0 Å². The number of aromatic nitrogens is 4. The lowest BCUT2D eigenvalue weighted by Crippen LogP contribution is -2.44. The Morgan fingerprint density at radius 1 is 1.11 bits per heavy atom. The van der Waals surface area contributed by atoms with Gasteiger partial charge in [0.2, 0.25) is 0 Å². The average Bonchev–Trinajstić information content (AvgIpc) is 3.31. The van der Waals surface area contributed by atoms with E-state index in [1.807, 2.05) is 22.7 Å². The van der Waals surface area contributed by atoms with E-state index in [2.05, 4.69) is 40.3 Å². The molecule has 0 amide bonds. The van der Waals surface area contributed by atoms with Gasteiger partial charge in [-0.25, -0.2) is 14.5 Å². The number of nitrogens with two attached hydrogens (primary N) is 1. The fourth-order valence-electron chi connectivity index (χ4n) is 3.57. The number of nitrogens with one attached hydrogen (secondary N) is 1. The van der Waals surface area contributed by atoms with Crippen molar-refractivity contribution in [1.82, 2.24) is 24.9 Å². The minimum atomic E-state index is 0.485. The first-order valence-corrected chi connectivity index (χ1v) is 10.1. The van der Waals surface area contributed by atoms with Gasteiger partial charge < -0.3 is 16.0 Å². The fourth-order valence-corrected chi connectivity index (χ4v) is 4.43. The van der Waals surface area contributed by atoms with Crippen molar-refractivity contribution in [1.29, 1.82) is 0 Å². The van der Waals surface area contributed by atoms with E-state index in [0.29, 0.717) is 5.82 Å². The molecule has 0 aromatic carbocycles. The van der Waals surface area contributed by atoms with E-state index in [-0.39, 0.29) is 0 Å². The van der Waals surface area contributed by atoms with Gasteiger partial charge in [-0.05, 0) is 43.3 Å². The highest BCUT2D eigenvalue weighted by atomic mass is 32.1. The highest BCUT2D eigenvalue weighted by Gasteiger charge is 2.20. The molecular weight excluding hydrogens is 370 g/mol. The zero-order valence-electron chi connectivity index (χ0n) is 15.6. The molecule has 1 aliphatic rings. The van der Waals surface area contributed by atoms with Gasteiger partial charge in [-0.1, -0.05) is 0 Å². The third-order valence-electron chi connectivity index (χ3n) is 4.93. The van der Waals surface area contributed by atoms with E-state index in [1.54, 1.807) is 17.5 Å². The first-order valence-electron chi connectivity index (χ1n) is 9.33. The molecule has 0 saturated carbocycles. The minimum absolute atomic E-state index is 0.485. The van der Waals surface area contributed by atoms with Crippen molar-refractivity contribution in [3.05, 3.63) is 47.5 Å². The number of thiophene rings is 1. The quantitative estimate of drug-likeness (QED) is 0.559. The van der Waals surface area contributed by atoms with Crippen LogP contribution >= 0.6 is 11.3 Å². The first-order chi connectivity index (χ1) is 13.7. The predicted molar refractivity (Wildman–Crippen MR) is 114 cm³/mol. The number of hydrogen-bond donors (Lipinski definition) is 2. The molecule has 5 heterocycles. The minimum Gasteiger partial charge on any atom is -0.384 e. The number of imidazole rings is 1. The number of fused-ring (bicyclic) bond motifs is 1. The molecule has 1 fully saturated rings. The molecule has 0 atom stereocenters. The second kappa shape index (κ2) is 6.88. The molecule has 5 rings (SSSR count). The van der Waals surface area contributed by atoms with E-state index in [1.165, 1.54) is 4.88 Å². The Bertz CT molecular complexity index is 1140. The van der Waals surface area contributed by atoms with Crippen LogP contribution in [-0.4, -0.2) is 45.8 Å². The Labute approximate surface area is 166 Å². The summed E-state index contributed by atoms with van der Waals surface area (Å²) in [6.07, 6.45) is 1.73. The summed E-state index contributed by atoms with van der Waals surface area (Å²) in [5.41, 5.74) is 9.63. The summed E-state index contributed by atoms with van der Waals surface area (Å²) in [4.78, 5) is 13.7. The molecule has 28 heavy (non-hydrogen) atoms. The van der Waals surface area contributed by atoms with Crippen molar-refractivity contribution < 1.29 is 0 Å². The zero-order valence-corrected chi connectivity index (χ0v) is 16.4. The molecule has 1 aliphatic heterocycles. The van der Waals surface area contributed by atoms with Crippen molar-refractivity contribution in [3.63, 3.8) is 0 Å². The molecule has 3 N–H and O–H groups in total. The van der Waals surface area contributed by atoms with E-state index < -0.39 is 0 Å². The molecule has 0 unspecified atom stereocenters. The van der Waals surface area contributed by atoms with Crippen LogP contribution in [0.1, 0.15) is 4.88 Å². The molecule has 142 valence electrons. The Morgan fingerprint density at radius 2 is 1.96 bits per heavy atom. The second-order valence-electron chi connectivity index (χ2n) is 6.89. The van der Waals surface area contributed by atoms with Gasteiger partial charge in [0.05, 0.1) is 4.88 Å². The van der Waals surface area contributed by atoms with Crippen molar-refractivity contribution in [2.75, 3.05) is 36.8 Å². The van der Waals surface area contributed by atoms with Gasteiger partial charge in [0.15, 0.2) is 5.65 Å². The second-order valence-corrected chi connectivity index (χ2v) is 8.18. The smallest absolute Gasteiger partial charge is 0.155 e. The van der Waals surface area contributed by atoms with Gasteiger partial charge >= 0.3 is 0 Å². The van der Waals surface area contributed by atoms with Crippen molar-refractivity contribution in [3.8, 4) is 21.8 Å². The third-order valence-corrected chi connectivity index (χ3v) is 5.94. The molecule has 0 radical (unpaired) electrons. The molecule has 1 saturated heterocycles. The molecule has 4 aromatic rings. The normalized spacial score (nSPS) is 14.7. The first kappa shape index (κ1) is 17.2. The summed E-state index contributed by atoms with van der Waals surface area (Å²) in [5.74, 6) is 1.45. The summed E-state index contributed by atoms with van der Waals surface area (Å²) in [7, 11) is 0. The number of rotatable bonds is 3. The number of nitrogens with zero attached hydrogens (tertiary/aromatic N) is 5. The highest BCUT2D eigenvalue weighted by molar-refractivity contribution is 7.15. The van der Waals surface area contributed by atoms with Crippen LogP contribution in [0.15, 0.2) is 42.6 Å². The summed E-state index contributed by atoms with van der Waals surface area (Å²) >= 11 is 1.73. The van der Waals surface area contributed by atoms with Crippen LogP contribution in [0.4, 0.5) is 11.6 Å². The van der Waals surface area contributed by atoms with E-state index >= 15 is 0 Å². The monoisotopic (exact) mass is 391 g/mol. The Kier molecular flexibility index (Phi) is 4.22. The maximum absolute atomic E-state index is 5.97. The summed E-state index contributed by atoms with van der Waals surface area (Å²) in [5, 5.41) is 8.34. The number of pyridine rings is 1. The number of piperazine rings is 1. The summed E-state index contributed by atoms with van der Waals surface area (Å²) < 4.78 is 1.94. The largest absolute Gasteiger partial charge is 0.384 e. The maximum Gasteiger partial charge on any atom is 0.155 e. The van der Waals surface area contributed by atoms with Crippen molar-refractivity contribution in [2.45, 2.75) is 6.92 Å². The standard InChI is InChI=1S/C20H21N7S/c1-13-2-3-15(28-13)19-20(14-6-7-23-16(21)12-14)27-17(24-19)4-5-18(25-27)26-10-8-22-9-11-26/h2-7,12,22H,8-11H2,1H3,(H2,21,23). The summed E-state index contributed by atoms with van der Waals surface area (Å²) in [6, 6.07) is 12.2. The fraction of sp³-hybridized carbons (Fsp3) is 0.250. The molecule has 7 nitrogen and oxygen atoms in total. The average molecular weight is 392 g/mol. The van der Waals surface area contributed by atoms with Crippen LogP contribution in [0, 0.1) is 6.92 Å². The van der Waals surface area contributed by atoms with Crippen LogP contribution in [0.5, 0.6) is 0 Å². The molecule has 0 aliphatic carbocycles. The Hall–Kier alpha value is -2.97. The molecule has 0 bridgehead atoms. The van der Waals surface area contributed by atoms with Gasteiger partial charge in [0, 0.05) is 42.8 Å². The van der Waals surface area contributed by atoms with Crippen LogP contribution in [-0.2, 0) is 0 Å². The lowest BCUT2D eigenvalue weighted by molar-refractivity contribution is 0.582. The Balaban J connectivity index is 1.73. The predicted octanol–water partition coefficient (Wildman–Crippen LogP) is 2.82. The van der Waals surface area contributed by atoms with Gasteiger partial charge in [0.25, 0.3) is 0 Å². The topological polar surface area (TPSA) is 84.4 Å². The van der Waals surface area contributed by atoms with Gasteiger partial charge in [-0.2, -0.15) is 0 Å². The van der Waals surface area contributed by atoms with Crippen molar-refractivity contribution >= 4 is 28.6 Å². The van der Waals surface area contributed by atoms with Gasteiger partial charge in [-0.3, -0.25) is 0 Å². The van der Waals surface area contributed by atoms with Crippen LogP contribution < -0.4 is 16.0 Å². The molecular formula is C20H21N7S. The molecule has 0 spiro atoms. The van der Waals surface area contributed by atoms with Crippen LogP contribution in [0.2, 0.25) is 0 Å². The molecule has 4 aromatic heterocycles. The van der Waals surface area contributed by atoms with Gasteiger partial charge in [0.1, 0.15) is 23.0 Å². The number of hydrogen-bond acceptors (Lipinski definition) is 7. The number of aryl methyl sites for hydroxylation is 1. The Morgan fingerprint density at radius 3 is 2.71 bits per heavy atom. The molecule has 8 heteroatoms. The SMILES string of the molecule is Cc1ccc(-c2nc3ccc(N4CCNCC4)nn3c2-c2ccnc(N)c2)s1. The van der Waals surface area contributed by atoms with E-state index in [4.69, 9.17) is 15.8 Å². The van der Waals surface area contributed by atoms with Crippen LogP contribution in [0.3, 0.4) is 0 Å². The number of anilines is 2. The number of nitrogen functional groups attached to an aromatic ring is 1. The lowest BCUT2D eigenvalue weighted by atomic mass is 10.1. The van der Waals surface area contributed by atoms with Gasteiger partial charge in [-0.15, -0.1) is 16.4 Å². The lowest BCUT2D eigenvalue weighted by Gasteiger charge is -2.28. The third kappa shape index (κ3) is 3.00. The maximum atomic E-state index is 5.97. The van der Waals surface area contributed by atoms with E-state index in [0.717, 1.165) is 59.5 Å². The summed E-state index contributed by atoms with van der Waals surface area (Å²) in [6.45, 7) is 5.94.